The van der Waals surface area contributed by atoms with Crippen molar-refractivity contribution in [3.8, 4) is 11.5 Å². The van der Waals surface area contributed by atoms with E-state index < -0.39 is 39.0 Å². The smallest absolute Gasteiger partial charge is 0.243 e. The summed E-state index contributed by atoms with van der Waals surface area (Å²) < 4.78 is 63.2. The third-order valence-electron chi connectivity index (χ3n) is 3.74. The second-order valence-corrected chi connectivity index (χ2v) is 7.99. The normalized spacial score (nSPS) is 11.4. The van der Waals surface area contributed by atoms with Gasteiger partial charge in [0, 0.05) is 24.9 Å². The van der Waals surface area contributed by atoms with Crippen molar-refractivity contribution in [2.24, 2.45) is 0 Å². The number of hydrogen-bond donors (Lipinski definition) is 1. The molecule has 0 atom stereocenters. The fourth-order valence-electron chi connectivity index (χ4n) is 2.47. The molecule has 2 aromatic rings. The molecule has 0 radical (unpaired) electrons. The van der Waals surface area contributed by atoms with E-state index in [2.05, 4.69) is 5.32 Å². The lowest BCUT2D eigenvalue weighted by atomic mass is 10.2. The van der Waals surface area contributed by atoms with Crippen LogP contribution in [-0.2, 0) is 14.8 Å². The Labute approximate surface area is 168 Å². The molecule has 0 bridgehead atoms. The van der Waals surface area contributed by atoms with Gasteiger partial charge >= 0.3 is 0 Å². The van der Waals surface area contributed by atoms with Crippen LogP contribution in [0.15, 0.2) is 41.3 Å². The Morgan fingerprint density at radius 3 is 2.17 bits per heavy atom. The highest BCUT2D eigenvalue weighted by Gasteiger charge is 2.24. The van der Waals surface area contributed by atoms with E-state index in [4.69, 9.17) is 9.47 Å². The second-order valence-electron chi connectivity index (χ2n) is 5.94. The molecule has 0 aliphatic rings. The molecule has 0 heterocycles. The van der Waals surface area contributed by atoms with Crippen molar-refractivity contribution in [2.75, 3.05) is 32.1 Å². The summed E-state index contributed by atoms with van der Waals surface area (Å²) in [6, 6.07) is 6.71. The molecule has 0 aromatic heterocycles. The summed E-state index contributed by atoms with van der Waals surface area (Å²) in [5.41, 5.74) is 0.379. The number of amides is 1. The van der Waals surface area contributed by atoms with Crippen LogP contribution in [0.1, 0.15) is 13.8 Å². The average molecular weight is 428 g/mol. The molecular formula is C19H22F2N2O5S. The van der Waals surface area contributed by atoms with Gasteiger partial charge in [0.2, 0.25) is 15.9 Å². The molecule has 2 aromatic carbocycles. The summed E-state index contributed by atoms with van der Waals surface area (Å²) in [5, 5.41) is 2.56. The number of likely N-dealkylation sites (N-methyl/N-ethyl adjacent to an activating group) is 1. The molecule has 0 saturated carbocycles. The summed E-state index contributed by atoms with van der Waals surface area (Å²) in [6.07, 6.45) is 0. The lowest BCUT2D eigenvalue weighted by Crippen LogP contribution is -2.35. The zero-order valence-corrected chi connectivity index (χ0v) is 17.1. The number of rotatable bonds is 9. The lowest BCUT2D eigenvalue weighted by Gasteiger charge is -2.17. The maximum atomic E-state index is 13.3. The third kappa shape index (κ3) is 5.88. The van der Waals surface area contributed by atoms with E-state index in [0.717, 1.165) is 7.05 Å². The maximum Gasteiger partial charge on any atom is 0.243 e. The van der Waals surface area contributed by atoms with Gasteiger partial charge in [0.15, 0.2) is 11.5 Å². The van der Waals surface area contributed by atoms with E-state index in [1.54, 1.807) is 25.1 Å². The van der Waals surface area contributed by atoms with Crippen LogP contribution in [0.5, 0.6) is 11.5 Å². The zero-order valence-electron chi connectivity index (χ0n) is 16.2. The van der Waals surface area contributed by atoms with Gasteiger partial charge in [-0.05, 0) is 38.1 Å². The van der Waals surface area contributed by atoms with Crippen LogP contribution in [0, 0.1) is 11.6 Å². The molecule has 0 aliphatic heterocycles. The summed E-state index contributed by atoms with van der Waals surface area (Å²) in [6.45, 7) is 3.90. The molecule has 29 heavy (non-hydrogen) atoms. The van der Waals surface area contributed by atoms with Crippen molar-refractivity contribution >= 4 is 21.6 Å². The number of hydrogen-bond acceptors (Lipinski definition) is 5. The maximum absolute atomic E-state index is 13.3. The molecule has 1 N–H and O–H groups in total. The van der Waals surface area contributed by atoms with Crippen molar-refractivity contribution in [1.29, 1.82) is 0 Å². The van der Waals surface area contributed by atoms with Gasteiger partial charge in [-0.1, -0.05) is 0 Å². The first-order valence-corrected chi connectivity index (χ1v) is 10.2. The van der Waals surface area contributed by atoms with Crippen molar-refractivity contribution in [1.82, 2.24) is 4.31 Å². The number of nitrogens with one attached hydrogen (secondary N) is 1. The lowest BCUT2D eigenvalue weighted by molar-refractivity contribution is -0.116. The van der Waals surface area contributed by atoms with Gasteiger partial charge in [-0.25, -0.2) is 17.2 Å². The highest BCUT2D eigenvalue weighted by Crippen LogP contribution is 2.30. The highest BCUT2D eigenvalue weighted by atomic mass is 32.2. The van der Waals surface area contributed by atoms with E-state index in [1.165, 1.54) is 0 Å². The van der Waals surface area contributed by atoms with Crippen LogP contribution in [0.4, 0.5) is 14.5 Å². The van der Waals surface area contributed by atoms with E-state index in [1.807, 2.05) is 6.92 Å². The van der Waals surface area contributed by atoms with Gasteiger partial charge in [-0.15, -0.1) is 0 Å². The van der Waals surface area contributed by atoms with E-state index in [-0.39, 0.29) is 0 Å². The molecule has 0 unspecified atom stereocenters. The first kappa shape index (κ1) is 22.6. The summed E-state index contributed by atoms with van der Waals surface area (Å²) in [7, 11) is -3.11. The Balaban J connectivity index is 2.12. The standard InChI is InChI=1S/C19H22F2N2O5S/c1-4-27-17-7-6-15(11-18(17)28-5-2)22-19(24)12-23(3)29(25,26)16-9-13(20)8-14(21)10-16/h6-11H,4-5,12H2,1-3H3,(H,22,24). The summed E-state index contributed by atoms with van der Waals surface area (Å²) in [5.74, 6) is -1.75. The van der Waals surface area contributed by atoms with Crippen molar-refractivity contribution in [2.45, 2.75) is 18.7 Å². The van der Waals surface area contributed by atoms with Crippen LogP contribution < -0.4 is 14.8 Å². The molecule has 0 fully saturated rings. The fourth-order valence-corrected chi connectivity index (χ4v) is 3.64. The average Bonchev–Trinajstić information content (AvgIpc) is 2.63. The Morgan fingerprint density at radius 1 is 1.00 bits per heavy atom. The van der Waals surface area contributed by atoms with Crippen LogP contribution in [0.2, 0.25) is 0 Å². The molecule has 0 saturated heterocycles. The molecule has 0 aliphatic carbocycles. The number of carbonyl (C=O) groups is 1. The largest absolute Gasteiger partial charge is 0.490 e. The number of anilines is 1. The van der Waals surface area contributed by atoms with E-state index >= 15 is 0 Å². The minimum atomic E-state index is -4.25. The zero-order chi connectivity index (χ0) is 21.6. The van der Waals surface area contributed by atoms with Crippen molar-refractivity contribution < 1.29 is 31.5 Å². The SMILES string of the molecule is CCOc1ccc(NC(=O)CN(C)S(=O)(=O)c2cc(F)cc(F)c2)cc1OCC. The number of halogens is 2. The van der Waals surface area contributed by atoms with E-state index in [9.17, 15) is 22.0 Å². The molecule has 1 amide bonds. The molecule has 0 spiro atoms. The van der Waals surface area contributed by atoms with Gasteiger partial charge in [0.1, 0.15) is 11.6 Å². The number of ether oxygens (including phenoxy) is 2. The minimum absolute atomic E-state index is 0.379. The van der Waals surface area contributed by atoms with Gasteiger partial charge in [0.05, 0.1) is 24.7 Å². The highest BCUT2D eigenvalue weighted by molar-refractivity contribution is 7.89. The Morgan fingerprint density at radius 2 is 1.59 bits per heavy atom. The predicted octanol–water partition coefficient (Wildman–Crippen LogP) is 3.02. The van der Waals surface area contributed by atoms with Gasteiger partial charge in [0.25, 0.3) is 0 Å². The van der Waals surface area contributed by atoms with Gasteiger partial charge in [-0.2, -0.15) is 4.31 Å². The van der Waals surface area contributed by atoms with Gasteiger partial charge in [-0.3, -0.25) is 4.79 Å². The van der Waals surface area contributed by atoms with Crippen LogP contribution in [0.3, 0.4) is 0 Å². The molecule has 7 nitrogen and oxygen atoms in total. The number of nitrogens with zero attached hydrogens (tertiary/aromatic N) is 1. The third-order valence-corrected chi connectivity index (χ3v) is 5.52. The Bertz CT molecular complexity index is 962. The van der Waals surface area contributed by atoms with Gasteiger partial charge < -0.3 is 14.8 Å². The van der Waals surface area contributed by atoms with Crippen LogP contribution in [-0.4, -0.2) is 45.4 Å². The minimum Gasteiger partial charge on any atom is -0.490 e. The second kappa shape index (κ2) is 9.66. The monoisotopic (exact) mass is 428 g/mol. The van der Waals surface area contributed by atoms with E-state index in [0.29, 0.717) is 52.9 Å². The molecule has 10 heteroatoms. The molecular weight excluding hydrogens is 406 g/mol. The Kier molecular flexibility index (Phi) is 7.52. The number of benzene rings is 2. The van der Waals surface area contributed by atoms with Crippen LogP contribution in [0.25, 0.3) is 0 Å². The fraction of sp³-hybridized carbons (Fsp3) is 0.316. The summed E-state index contributed by atoms with van der Waals surface area (Å²) >= 11 is 0. The van der Waals surface area contributed by atoms with Crippen molar-refractivity contribution in [3.05, 3.63) is 48.0 Å². The number of sulfonamides is 1. The Hall–Kier alpha value is -2.72. The number of carbonyl (C=O) groups excluding carboxylic acids is 1. The quantitative estimate of drug-likeness (QED) is 0.664. The van der Waals surface area contributed by atoms with Crippen molar-refractivity contribution in [3.63, 3.8) is 0 Å². The summed E-state index contributed by atoms with van der Waals surface area (Å²) in [4.78, 5) is 11.7. The molecule has 2 rings (SSSR count). The first-order chi connectivity index (χ1) is 13.7. The topological polar surface area (TPSA) is 84.9 Å². The van der Waals surface area contributed by atoms with Crippen LogP contribution >= 0.6 is 0 Å². The predicted molar refractivity (Wildman–Crippen MR) is 104 cm³/mol. The molecule has 158 valence electrons. The first-order valence-electron chi connectivity index (χ1n) is 8.79.